The van der Waals surface area contributed by atoms with Crippen molar-refractivity contribution < 1.29 is 9.53 Å². The number of anilines is 2. The molecule has 8 heteroatoms. The van der Waals surface area contributed by atoms with Crippen molar-refractivity contribution in [3.05, 3.63) is 42.5 Å². The van der Waals surface area contributed by atoms with Crippen LogP contribution in [-0.4, -0.2) is 60.3 Å². The number of carbonyl (C=O) groups excluding carboxylic acids is 1. The van der Waals surface area contributed by atoms with Gasteiger partial charge in [-0.2, -0.15) is 0 Å². The smallest absolute Gasteiger partial charge is 0.224 e. The van der Waals surface area contributed by atoms with Crippen LogP contribution < -0.4 is 15.5 Å². The number of nitrogens with one attached hydrogen (secondary N) is 2. The molecule has 1 aliphatic heterocycles. The van der Waals surface area contributed by atoms with E-state index in [1.54, 1.807) is 12.4 Å². The van der Waals surface area contributed by atoms with Gasteiger partial charge >= 0.3 is 0 Å². The molecule has 0 radical (unpaired) electrons. The molecule has 2 atom stereocenters. The zero-order valence-electron chi connectivity index (χ0n) is 15.1. The highest BCUT2D eigenvalue weighted by atomic mass is 16.5. The van der Waals surface area contributed by atoms with Crippen LogP contribution in [0, 0.1) is 0 Å². The zero-order chi connectivity index (χ0) is 18.4. The van der Waals surface area contributed by atoms with Gasteiger partial charge in [-0.05, 0) is 18.1 Å². The number of nitrogens with zero attached hydrogens (tertiary/aromatic N) is 4. The van der Waals surface area contributed by atoms with Gasteiger partial charge in [0.15, 0.2) is 0 Å². The molecule has 138 valence electrons. The predicted molar refractivity (Wildman–Crippen MR) is 99.1 cm³/mol. The Hall–Kier alpha value is -2.74. The maximum atomic E-state index is 12.4. The lowest BCUT2D eigenvalue weighted by Crippen LogP contribution is -2.52. The summed E-state index contributed by atoms with van der Waals surface area (Å²) in [5, 5.41) is 6.48. The first-order valence-corrected chi connectivity index (χ1v) is 8.64. The minimum absolute atomic E-state index is 0.0200. The second kappa shape index (κ2) is 8.57. The summed E-state index contributed by atoms with van der Waals surface area (Å²) in [6.45, 7) is 1.14. The van der Waals surface area contributed by atoms with Gasteiger partial charge in [-0.3, -0.25) is 9.78 Å². The highest BCUT2D eigenvalue weighted by Crippen LogP contribution is 2.16. The fourth-order valence-corrected chi connectivity index (χ4v) is 2.86. The van der Waals surface area contributed by atoms with Crippen LogP contribution in [0.5, 0.6) is 0 Å². The largest absolute Gasteiger partial charge is 0.379 e. The van der Waals surface area contributed by atoms with Gasteiger partial charge in [0.05, 0.1) is 25.1 Å². The third-order valence-electron chi connectivity index (χ3n) is 4.23. The number of carbonyl (C=O) groups is 1. The molecule has 0 spiro atoms. The number of rotatable bonds is 6. The van der Waals surface area contributed by atoms with E-state index in [1.165, 1.54) is 6.33 Å². The Bertz CT molecular complexity index is 725. The fourth-order valence-electron chi connectivity index (χ4n) is 2.86. The highest BCUT2D eigenvalue weighted by molar-refractivity contribution is 5.78. The number of amides is 1. The second-order valence-corrected chi connectivity index (χ2v) is 6.48. The van der Waals surface area contributed by atoms with E-state index in [2.05, 4.69) is 25.6 Å². The first-order chi connectivity index (χ1) is 12.6. The predicted octanol–water partition coefficient (Wildman–Crippen LogP) is 0.866. The molecule has 26 heavy (non-hydrogen) atoms. The molecule has 3 rings (SSSR count). The third kappa shape index (κ3) is 4.89. The average Bonchev–Trinajstić information content (AvgIpc) is 2.64. The van der Waals surface area contributed by atoms with Crippen LogP contribution in [0.3, 0.4) is 0 Å². The maximum Gasteiger partial charge on any atom is 0.224 e. The minimum Gasteiger partial charge on any atom is -0.379 e. The molecule has 0 saturated carbocycles. The highest BCUT2D eigenvalue weighted by Gasteiger charge is 2.27. The molecule has 2 aromatic rings. The molecule has 8 nitrogen and oxygen atoms in total. The molecular formula is C18H24N6O2. The van der Waals surface area contributed by atoms with Crippen LogP contribution in [0.1, 0.15) is 12.0 Å². The summed E-state index contributed by atoms with van der Waals surface area (Å²) in [6, 6.07) is 5.54. The van der Waals surface area contributed by atoms with E-state index in [0.717, 1.165) is 17.8 Å². The normalized spacial score (nSPS) is 19.6. The number of pyridine rings is 1. The molecular weight excluding hydrogens is 332 g/mol. The standard InChI is InChI=1S/C18H24N6O2/c1-24(2)17-9-16(20-12-21-17)22-15-11-26-7-5-14(15)23-18(25)8-13-4-3-6-19-10-13/h3-4,6,9-10,12,14-15H,5,7-8,11H2,1-2H3,(H,23,25)(H,20,21,22)/t14-,15+/m0/s1. The van der Waals surface area contributed by atoms with Crippen molar-refractivity contribution in [1.82, 2.24) is 20.3 Å². The van der Waals surface area contributed by atoms with Gasteiger partial charge in [0.1, 0.15) is 18.0 Å². The van der Waals surface area contributed by atoms with Crippen LogP contribution in [-0.2, 0) is 16.0 Å². The van der Waals surface area contributed by atoms with E-state index in [-0.39, 0.29) is 18.0 Å². The van der Waals surface area contributed by atoms with Gasteiger partial charge in [-0.25, -0.2) is 9.97 Å². The molecule has 0 bridgehead atoms. The van der Waals surface area contributed by atoms with E-state index in [0.29, 0.717) is 25.5 Å². The van der Waals surface area contributed by atoms with Crippen LogP contribution >= 0.6 is 0 Å². The van der Waals surface area contributed by atoms with Crippen LogP contribution in [0.25, 0.3) is 0 Å². The van der Waals surface area contributed by atoms with Gasteiger partial charge < -0.3 is 20.3 Å². The topological polar surface area (TPSA) is 92.3 Å². The summed E-state index contributed by atoms with van der Waals surface area (Å²) < 4.78 is 5.58. The number of ether oxygens (including phenoxy) is 1. The lowest BCUT2D eigenvalue weighted by molar-refractivity contribution is -0.121. The van der Waals surface area contributed by atoms with E-state index in [9.17, 15) is 4.79 Å². The van der Waals surface area contributed by atoms with E-state index in [1.807, 2.05) is 37.2 Å². The molecule has 0 aliphatic carbocycles. The number of aromatic nitrogens is 3. The van der Waals surface area contributed by atoms with Gasteiger partial charge in [-0.1, -0.05) is 6.07 Å². The fraction of sp³-hybridized carbons (Fsp3) is 0.444. The van der Waals surface area contributed by atoms with E-state index in [4.69, 9.17) is 4.74 Å². The maximum absolute atomic E-state index is 12.4. The summed E-state index contributed by atoms with van der Waals surface area (Å²) >= 11 is 0. The Labute approximate surface area is 153 Å². The van der Waals surface area contributed by atoms with Gasteiger partial charge in [0, 0.05) is 39.2 Å². The van der Waals surface area contributed by atoms with Crippen molar-refractivity contribution in [2.24, 2.45) is 0 Å². The molecule has 3 heterocycles. The van der Waals surface area contributed by atoms with Crippen molar-refractivity contribution in [3.8, 4) is 0 Å². The lowest BCUT2D eigenvalue weighted by atomic mass is 10.0. The minimum atomic E-state index is -0.0495. The molecule has 1 amide bonds. The van der Waals surface area contributed by atoms with Crippen molar-refractivity contribution in [2.75, 3.05) is 37.5 Å². The van der Waals surface area contributed by atoms with Gasteiger partial charge in [0.2, 0.25) is 5.91 Å². The third-order valence-corrected chi connectivity index (χ3v) is 4.23. The first-order valence-electron chi connectivity index (χ1n) is 8.64. The Balaban J connectivity index is 1.62. The first kappa shape index (κ1) is 18.1. The van der Waals surface area contributed by atoms with Crippen LogP contribution in [0.15, 0.2) is 36.9 Å². The molecule has 1 saturated heterocycles. The summed E-state index contributed by atoms with van der Waals surface area (Å²) in [5.41, 5.74) is 0.896. The molecule has 1 fully saturated rings. The Morgan fingerprint density at radius 3 is 3.00 bits per heavy atom. The van der Waals surface area contributed by atoms with Crippen molar-refractivity contribution in [3.63, 3.8) is 0 Å². The number of hydrogen-bond acceptors (Lipinski definition) is 7. The monoisotopic (exact) mass is 356 g/mol. The molecule has 1 aliphatic rings. The quantitative estimate of drug-likeness (QED) is 0.793. The summed E-state index contributed by atoms with van der Waals surface area (Å²) in [5.74, 6) is 1.51. The molecule has 2 aromatic heterocycles. The Morgan fingerprint density at radius 2 is 2.23 bits per heavy atom. The lowest BCUT2D eigenvalue weighted by Gasteiger charge is -2.33. The Morgan fingerprint density at radius 1 is 1.35 bits per heavy atom. The summed E-state index contributed by atoms with van der Waals surface area (Å²) in [4.78, 5) is 26.8. The second-order valence-electron chi connectivity index (χ2n) is 6.48. The summed E-state index contributed by atoms with van der Waals surface area (Å²) in [6.07, 6.45) is 6.00. The van der Waals surface area contributed by atoms with Crippen LogP contribution in [0.2, 0.25) is 0 Å². The van der Waals surface area contributed by atoms with Crippen molar-refractivity contribution >= 4 is 17.5 Å². The van der Waals surface area contributed by atoms with E-state index < -0.39 is 0 Å². The molecule has 0 unspecified atom stereocenters. The van der Waals surface area contributed by atoms with Gasteiger partial charge in [0.25, 0.3) is 0 Å². The number of hydrogen-bond donors (Lipinski definition) is 2. The average molecular weight is 356 g/mol. The van der Waals surface area contributed by atoms with Gasteiger partial charge in [-0.15, -0.1) is 0 Å². The molecule has 0 aromatic carbocycles. The Kier molecular flexibility index (Phi) is 5.96. The van der Waals surface area contributed by atoms with Crippen molar-refractivity contribution in [2.45, 2.75) is 24.9 Å². The zero-order valence-corrected chi connectivity index (χ0v) is 15.1. The van der Waals surface area contributed by atoms with Crippen LogP contribution in [0.4, 0.5) is 11.6 Å². The SMILES string of the molecule is CN(C)c1cc(N[C@@H]2COCC[C@@H]2NC(=O)Cc2cccnc2)ncn1. The van der Waals surface area contributed by atoms with Crippen molar-refractivity contribution in [1.29, 1.82) is 0 Å². The van der Waals surface area contributed by atoms with E-state index >= 15 is 0 Å². The summed E-state index contributed by atoms with van der Waals surface area (Å²) in [7, 11) is 3.86. The molecule has 2 N–H and O–H groups in total.